The van der Waals surface area contributed by atoms with Crippen LogP contribution in [-0.4, -0.2) is 26.1 Å². The highest BCUT2D eigenvalue weighted by Crippen LogP contribution is 2.30. The van der Waals surface area contributed by atoms with Crippen LogP contribution in [0.3, 0.4) is 0 Å². The molecule has 3 rings (SSSR count). The Balaban J connectivity index is 0.00000161. The van der Waals surface area contributed by atoms with Gasteiger partial charge in [-0.2, -0.15) is 0 Å². The van der Waals surface area contributed by atoms with Crippen molar-refractivity contribution in [2.75, 3.05) is 5.73 Å². The van der Waals surface area contributed by atoms with Crippen molar-refractivity contribution in [1.82, 2.24) is 25.5 Å². The highest BCUT2D eigenvalue weighted by molar-refractivity contribution is 5.85. The first-order chi connectivity index (χ1) is 9.72. The van der Waals surface area contributed by atoms with Crippen molar-refractivity contribution in [2.45, 2.75) is 31.8 Å². The van der Waals surface area contributed by atoms with Crippen molar-refractivity contribution in [3.63, 3.8) is 0 Å². The molecule has 1 aromatic carbocycles. The predicted octanol–water partition coefficient (Wildman–Crippen LogP) is 0.871. The Labute approximate surface area is 128 Å². The number of anilines is 1. The monoisotopic (exact) mass is 308 g/mol. The third-order valence-corrected chi connectivity index (χ3v) is 3.51. The molecule has 8 heteroatoms. The van der Waals surface area contributed by atoms with E-state index in [1.54, 1.807) is 0 Å². The van der Waals surface area contributed by atoms with E-state index in [-0.39, 0.29) is 30.9 Å². The molecule has 1 aliphatic rings. The molecule has 1 atom stereocenters. The Bertz CT molecular complexity index is 615. The van der Waals surface area contributed by atoms with Gasteiger partial charge in [-0.1, -0.05) is 6.07 Å². The van der Waals surface area contributed by atoms with E-state index in [0.717, 1.165) is 30.5 Å². The molecule has 0 bridgehead atoms. The van der Waals surface area contributed by atoms with Crippen molar-refractivity contribution in [3.8, 4) is 0 Å². The first-order valence-electron chi connectivity index (χ1n) is 6.61. The van der Waals surface area contributed by atoms with Crippen molar-refractivity contribution >= 4 is 24.0 Å². The summed E-state index contributed by atoms with van der Waals surface area (Å²) in [5, 5.41) is 13.7. The number of aryl methyl sites for hydroxylation is 1. The number of nitrogens with zero attached hydrogens (tertiary/aromatic N) is 4. The fourth-order valence-electron chi connectivity index (χ4n) is 2.62. The van der Waals surface area contributed by atoms with Gasteiger partial charge in [-0.25, -0.2) is 4.68 Å². The van der Waals surface area contributed by atoms with E-state index in [1.165, 1.54) is 16.6 Å². The van der Waals surface area contributed by atoms with Gasteiger partial charge < -0.3 is 11.1 Å². The second-order valence-corrected chi connectivity index (χ2v) is 4.98. The standard InChI is InChI=1S/C13H16N6O.ClH/c14-10-4-5-11-9(6-10)2-1-3-12(11)16-13(20)7-19-8-15-17-18-19;/h4-6,8,12H,1-3,7,14H2,(H,16,20);1H. The molecule has 0 fully saturated rings. The molecule has 0 spiro atoms. The number of hydrogen-bond acceptors (Lipinski definition) is 5. The van der Waals surface area contributed by atoms with Crippen molar-refractivity contribution in [1.29, 1.82) is 0 Å². The number of aromatic nitrogens is 4. The first-order valence-corrected chi connectivity index (χ1v) is 6.61. The zero-order chi connectivity index (χ0) is 13.9. The number of nitrogens with one attached hydrogen (secondary N) is 1. The summed E-state index contributed by atoms with van der Waals surface area (Å²) < 4.78 is 1.40. The molecule has 1 aromatic heterocycles. The number of nitrogen functional groups attached to an aromatic ring is 1. The Morgan fingerprint density at radius 2 is 2.33 bits per heavy atom. The van der Waals surface area contributed by atoms with Gasteiger partial charge in [0.2, 0.25) is 5.91 Å². The summed E-state index contributed by atoms with van der Waals surface area (Å²) in [5.74, 6) is -0.0908. The highest BCUT2D eigenvalue weighted by atomic mass is 35.5. The molecular weight excluding hydrogens is 292 g/mol. The molecule has 0 radical (unpaired) electrons. The Hall–Kier alpha value is -2.15. The second-order valence-electron chi connectivity index (χ2n) is 4.98. The number of amides is 1. The van der Waals surface area contributed by atoms with Gasteiger partial charge >= 0.3 is 0 Å². The van der Waals surface area contributed by atoms with Crippen LogP contribution in [0.2, 0.25) is 0 Å². The van der Waals surface area contributed by atoms with Crippen molar-refractivity contribution in [3.05, 3.63) is 35.7 Å². The normalized spacial score (nSPS) is 16.7. The predicted molar refractivity (Wildman–Crippen MR) is 79.7 cm³/mol. The van der Waals surface area contributed by atoms with Crippen LogP contribution >= 0.6 is 12.4 Å². The molecule has 1 unspecified atom stereocenters. The summed E-state index contributed by atoms with van der Waals surface area (Å²) in [6.45, 7) is 0.133. The van der Waals surface area contributed by atoms with E-state index in [4.69, 9.17) is 5.73 Å². The Morgan fingerprint density at radius 3 is 3.10 bits per heavy atom. The van der Waals surface area contributed by atoms with Gasteiger partial charge in [-0.05, 0) is 52.9 Å². The van der Waals surface area contributed by atoms with E-state index < -0.39 is 0 Å². The topological polar surface area (TPSA) is 98.7 Å². The molecule has 0 aliphatic heterocycles. The first kappa shape index (κ1) is 15.2. The maximum atomic E-state index is 12.0. The maximum Gasteiger partial charge on any atom is 0.242 e. The lowest BCUT2D eigenvalue weighted by Crippen LogP contribution is -2.33. The summed E-state index contributed by atoms with van der Waals surface area (Å²) in [6, 6.07) is 5.93. The largest absolute Gasteiger partial charge is 0.399 e. The third kappa shape index (κ3) is 3.49. The molecule has 1 amide bonds. The highest BCUT2D eigenvalue weighted by Gasteiger charge is 2.21. The number of carbonyl (C=O) groups is 1. The SMILES string of the molecule is Cl.Nc1ccc2c(c1)CCCC2NC(=O)Cn1cnnn1. The quantitative estimate of drug-likeness (QED) is 0.820. The molecule has 2 aromatic rings. The van der Waals surface area contributed by atoms with E-state index in [9.17, 15) is 4.79 Å². The molecule has 3 N–H and O–H groups in total. The molecule has 21 heavy (non-hydrogen) atoms. The summed E-state index contributed by atoms with van der Waals surface area (Å²) in [4.78, 5) is 12.0. The second kappa shape index (κ2) is 6.53. The molecular formula is C13H17ClN6O. The summed E-state index contributed by atoms with van der Waals surface area (Å²) in [5.41, 5.74) is 8.96. The van der Waals surface area contributed by atoms with Gasteiger partial charge in [0.15, 0.2) is 0 Å². The number of tetrazole rings is 1. The van der Waals surface area contributed by atoms with Crippen LogP contribution < -0.4 is 11.1 Å². The molecule has 0 saturated heterocycles. The lowest BCUT2D eigenvalue weighted by molar-refractivity contribution is -0.122. The minimum atomic E-state index is -0.0908. The number of carbonyl (C=O) groups excluding carboxylic acids is 1. The van der Waals surface area contributed by atoms with Crippen LogP contribution in [0.25, 0.3) is 0 Å². The maximum absolute atomic E-state index is 12.0. The van der Waals surface area contributed by atoms with Crippen LogP contribution in [-0.2, 0) is 17.8 Å². The van der Waals surface area contributed by atoms with Crippen LogP contribution in [0, 0.1) is 0 Å². The number of nitrogens with two attached hydrogens (primary N) is 1. The van der Waals surface area contributed by atoms with Gasteiger partial charge in [0, 0.05) is 5.69 Å². The van der Waals surface area contributed by atoms with E-state index in [2.05, 4.69) is 20.8 Å². The van der Waals surface area contributed by atoms with Crippen LogP contribution in [0.4, 0.5) is 5.69 Å². The van der Waals surface area contributed by atoms with E-state index >= 15 is 0 Å². The molecule has 7 nitrogen and oxygen atoms in total. The van der Waals surface area contributed by atoms with Crippen LogP contribution in [0.1, 0.15) is 30.0 Å². The lowest BCUT2D eigenvalue weighted by atomic mass is 9.87. The van der Waals surface area contributed by atoms with Gasteiger partial charge in [0.1, 0.15) is 12.9 Å². The van der Waals surface area contributed by atoms with Crippen LogP contribution in [0.15, 0.2) is 24.5 Å². The summed E-state index contributed by atoms with van der Waals surface area (Å²) >= 11 is 0. The number of hydrogen-bond donors (Lipinski definition) is 2. The molecule has 0 saturated carbocycles. The van der Waals surface area contributed by atoms with Gasteiger partial charge in [0.05, 0.1) is 6.04 Å². The van der Waals surface area contributed by atoms with Gasteiger partial charge in [-0.3, -0.25) is 4.79 Å². The summed E-state index contributed by atoms with van der Waals surface area (Å²) in [7, 11) is 0. The summed E-state index contributed by atoms with van der Waals surface area (Å²) in [6.07, 6.45) is 4.43. The zero-order valence-electron chi connectivity index (χ0n) is 11.4. The molecule has 1 aliphatic carbocycles. The third-order valence-electron chi connectivity index (χ3n) is 3.51. The Kier molecular flexibility index (Phi) is 4.74. The number of rotatable bonds is 3. The molecule has 1 heterocycles. The van der Waals surface area contributed by atoms with Crippen molar-refractivity contribution < 1.29 is 4.79 Å². The minimum absolute atomic E-state index is 0. The average molecular weight is 309 g/mol. The Morgan fingerprint density at radius 1 is 1.48 bits per heavy atom. The smallest absolute Gasteiger partial charge is 0.242 e. The van der Waals surface area contributed by atoms with Gasteiger partial charge in [0.25, 0.3) is 0 Å². The number of benzene rings is 1. The lowest BCUT2D eigenvalue weighted by Gasteiger charge is -2.26. The average Bonchev–Trinajstić information content (AvgIpc) is 2.91. The van der Waals surface area contributed by atoms with Crippen molar-refractivity contribution in [2.24, 2.45) is 0 Å². The number of halogens is 1. The minimum Gasteiger partial charge on any atom is -0.399 e. The number of fused-ring (bicyclic) bond motifs is 1. The van der Waals surface area contributed by atoms with E-state index in [1.807, 2.05) is 18.2 Å². The fraction of sp³-hybridized carbons (Fsp3) is 0.385. The fourth-order valence-corrected chi connectivity index (χ4v) is 2.62. The van der Waals surface area contributed by atoms with E-state index in [0.29, 0.717) is 0 Å². The molecule has 112 valence electrons. The zero-order valence-corrected chi connectivity index (χ0v) is 12.2. The van der Waals surface area contributed by atoms with Crippen LogP contribution in [0.5, 0.6) is 0 Å². The van der Waals surface area contributed by atoms with Gasteiger partial charge in [-0.15, -0.1) is 17.5 Å².